The number of ether oxygens (including phenoxy) is 1. The number of benzene rings is 2. The summed E-state index contributed by atoms with van der Waals surface area (Å²) >= 11 is 1.54. The first-order valence-electron chi connectivity index (χ1n) is 10.9. The molecule has 5 nitrogen and oxygen atoms in total. The molecular weight excluding hydrogens is 406 g/mol. The van der Waals surface area contributed by atoms with E-state index in [9.17, 15) is 4.79 Å². The maximum Gasteiger partial charge on any atom is 0.251 e. The molecule has 1 N–H and O–H groups in total. The number of likely N-dealkylation sites (tertiary alicyclic amines) is 1. The van der Waals surface area contributed by atoms with Crippen molar-refractivity contribution in [3.05, 3.63) is 81.8 Å². The summed E-state index contributed by atoms with van der Waals surface area (Å²) in [5, 5.41) is 4.96. The number of rotatable bonds is 8. The highest BCUT2D eigenvalue weighted by Gasteiger charge is 2.10. The molecule has 0 radical (unpaired) electrons. The number of hydrogen-bond acceptors (Lipinski definition) is 5. The Kier molecular flexibility index (Phi) is 7.69. The van der Waals surface area contributed by atoms with Crippen LogP contribution in [0.15, 0.2) is 59.4 Å². The predicted molar refractivity (Wildman–Crippen MR) is 124 cm³/mol. The Morgan fingerprint density at radius 1 is 1.03 bits per heavy atom. The van der Waals surface area contributed by atoms with E-state index in [1.807, 2.05) is 17.5 Å². The first-order valence-corrected chi connectivity index (χ1v) is 11.9. The van der Waals surface area contributed by atoms with Crippen molar-refractivity contribution in [3.8, 4) is 5.75 Å². The standard InChI is InChI=1S/C25H29N3O2S/c29-25(22-6-5-7-24(14-22)30-17-23-18-31-19-27-23)26-15-20-8-10-21(11-9-20)16-28-12-3-1-2-4-13-28/h5-11,14,18-19H,1-4,12-13,15-17H2,(H,26,29). The van der Waals surface area contributed by atoms with Crippen molar-refractivity contribution in [2.45, 2.75) is 45.4 Å². The summed E-state index contributed by atoms with van der Waals surface area (Å²) < 4.78 is 5.75. The topological polar surface area (TPSA) is 54.5 Å². The summed E-state index contributed by atoms with van der Waals surface area (Å²) in [4.78, 5) is 19.3. The number of aromatic nitrogens is 1. The van der Waals surface area contributed by atoms with Gasteiger partial charge in [-0.1, -0.05) is 43.2 Å². The lowest BCUT2D eigenvalue weighted by Crippen LogP contribution is -2.24. The highest BCUT2D eigenvalue weighted by atomic mass is 32.1. The van der Waals surface area contributed by atoms with Crippen LogP contribution in [0.25, 0.3) is 0 Å². The molecule has 0 atom stereocenters. The summed E-state index contributed by atoms with van der Waals surface area (Å²) in [6.45, 7) is 4.32. The summed E-state index contributed by atoms with van der Waals surface area (Å²) in [7, 11) is 0. The molecular formula is C25H29N3O2S. The van der Waals surface area contributed by atoms with Crippen LogP contribution in [0.1, 0.15) is 52.9 Å². The number of carbonyl (C=O) groups excluding carboxylic acids is 1. The summed E-state index contributed by atoms with van der Waals surface area (Å²) in [5.41, 5.74) is 5.70. The Labute approximate surface area is 188 Å². The van der Waals surface area contributed by atoms with Gasteiger partial charge in [0.1, 0.15) is 12.4 Å². The summed E-state index contributed by atoms with van der Waals surface area (Å²) in [6, 6.07) is 15.8. The molecule has 0 bridgehead atoms. The van der Waals surface area contributed by atoms with Crippen molar-refractivity contribution in [1.82, 2.24) is 15.2 Å². The van der Waals surface area contributed by atoms with Gasteiger partial charge in [0, 0.05) is 24.0 Å². The van der Waals surface area contributed by atoms with Crippen molar-refractivity contribution in [2.75, 3.05) is 13.1 Å². The van der Waals surface area contributed by atoms with Crippen LogP contribution in [0.5, 0.6) is 5.75 Å². The molecule has 2 heterocycles. The third kappa shape index (κ3) is 6.64. The van der Waals surface area contributed by atoms with E-state index >= 15 is 0 Å². The molecule has 1 aliphatic heterocycles. The van der Waals surface area contributed by atoms with E-state index in [1.165, 1.54) is 55.7 Å². The fraction of sp³-hybridized carbons (Fsp3) is 0.360. The van der Waals surface area contributed by atoms with Gasteiger partial charge in [-0.25, -0.2) is 4.98 Å². The van der Waals surface area contributed by atoms with Crippen molar-refractivity contribution < 1.29 is 9.53 Å². The largest absolute Gasteiger partial charge is 0.487 e. The summed E-state index contributed by atoms with van der Waals surface area (Å²) in [6.07, 6.45) is 5.33. The zero-order chi connectivity index (χ0) is 21.3. The summed E-state index contributed by atoms with van der Waals surface area (Å²) in [5.74, 6) is 0.561. The van der Waals surface area contributed by atoms with Gasteiger partial charge in [-0.2, -0.15) is 0 Å². The van der Waals surface area contributed by atoms with E-state index in [2.05, 4.69) is 39.5 Å². The monoisotopic (exact) mass is 435 g/mol. The molecule has 0 spiro atoms. The average molecular weight is 436 g/mol. The second kappa shape index (κ2) is 11.1. The molecule has 4 rings (SSSR count). The van der Waals surface area contributed by atoms with Crippen LogP contribution >= 0.6 is 11.3 Å². The van der Waals surface area contributed by atoms with Crippen LogP contribution in [0.3, 0.4) is 0 Å². The quantitative estimate of drug-likeness (QED) is 0.539. The SMILES string of the molecule is O=C(NCc1ccc(CN2CCCCCC2)cc1)c1cccc(OCc2cscn2)c1. The van der Waals surface area contributed by atoms with Crippen LogP contribution in [0.4, 0.5) is 0 Å². The van der Waals surface area contributed by atoms with Gasteiger partial charge in [0.15, 0.2) is 0 Å². The second-order valence-corrected chi connectivity index (χ2v) is 8.70. The van der Waals surface area contributed by atoms with Crippen LogP contribution in [0, 0.1) is 0 Å². The first-order chi connectivity index (χ1) is 15.3. The first kappa shape index (κ1) is 21.5. The van der Waals surface area contributed by atoms with Gasteiger partial charge in [0.25, 0.3) is 5.91 Å². The maximum atomic E-state index is 12.6. The molecule has 1 amide bonds. The van der Waals surface area contributed by atoms with Gasteiger partial charge < -0.3 is 10.1 Å². The van der Waals surface area contributed by atoms with Gasteiger partial charge in [0.2, 0.25) is 0 Å². The third-order valence-corrected chi connectivity index (χ3v) is 6.18. The normalized spacial score (nSPS) is 14.7. The van der Waals surface area contributed by atoms with Gasteiger partial charge in [-0.05, 0) is 55.3 Å². The lowest BCUT2D eigenvalue weighted by atomic mass is 10.1. The molecule has 1 aromatic heterocycles. The molecule has 1 aliphatic rings. The van der Waals surface area contributed by atoms with Crippen molar-refractivity contribution >= 4 is 17.2 Å². The molecule has 0 aliphatic carbocycles. The molecule has 2 aromatic carbocycles. The molecule has 1 saturated heterocycles. The second-order valence-electron chi connectivity index (χ2n) is 7.99. The Bertz CT molecular complexity index is 949. The van der Waals surface area contributed by atoms with Crippen molar-refractivity contribution in [2.24, 2.45) is 0 Å². The molecule has 31 heavy (non-hydrogen) atoms. The fourth-order valence-electron chi connectivity index (χ4n) is 3.79. The van der Waals surface area contributed by atoms with Crippen LogP contribution in [-0.2, 0) is 19.7 Å². The Morgan fingerprint density at radius 3 is 2.55 bits per heavy atom. The molecule has 1 fully saturated rings. The molecule has 0 saturated carbocycles. The van der Waals surface area contributed by atoms with Crippen molar-refractivity contribution in [3.63, 3.8) is 0 Å². The lowest BCUT2D eigenvalue weighted by molar-refractivity contribution is 0.0950. The highest BCUT2D eigenvalue weighted by Crippen LogP contribution is 2.16. The number of amides is 1. The highest BCUT2D eigenvalue weighted by molar-refractivity contribution is 7.07. The Hall–Kier alpha value is -2.70. The Balaban J connectivity index is 1.26. The average Bonchev–Trinajstić information content (AvgIpc) is 3.20. The Morgan fingerprint density at radius 2 is 1.81 bits per heavy atom. The molecule has 162 valence electrons. The van der Waals surface area contributed by atoms with Gasteiger partial charge in [-0.15, -0.1) is 11.3 Å². The number of nitrogens with zero attached hydrogens (tertiary/aromatic N) is 2. The van der Waals surface area contributed by atoms with E-state index in [0.29, 0.717) is 24.5 Å². The zero-order valence-corrected chi connectivity index (χ0v) is 18.6. The number of nitrogens with one attached hydrogen (secondary N) is 1. The number of hydrogen-bond donors (Lipinski definition) is 1. The van der Waals surface area contributed by atoms with Gasteiger partial charge in [0.05, 0.1) is 11.2 Å². The minimum absolute atomic E-state index is 0.104. The van der Waals surface area contributed by atoms with E-state index < -0.39 is 0 Å². The number of carbonyl (C=O) groups is 1. The smallest absolute Gasteiger partial charge is 0.251 e. The number of thiazole rings is 1. The molecule has 3 aromatic rings. The molecule has 0 unspecified atom stereocenters. The minimum atomic E-state index is -0.104. The van der Waals surface area contributed by atoms with Crippen molar-refractivity contribution in [1.29, 1.82) is 0 Å². The zero-order valence-electron chi connectivity index (χ0n) is 17.8. The predicted octanol–water partition coefficient (Wildman–Crippen LogP) is 5.03. The van der Waals surface area contributed by atoms with E-state index in [0.717, 1.165) is 17.8 Å². The molecule has 6 heteroatoms. The van der Waals surface area contributed by atoms with Crippen LogP contribution < -0.4 is 10.1 Å². The maximum absolute atomic E-state index is 12.6. The van der Waals surface area contributed by atoms with Gasteiger partial charge in [-0.3, -0.25) is 9.69 Å². The van der Waals surface area contributed by atoms with Gasteiger partial charge >= 0.3 is 0 Å². The minimum Gasteiger partial charge on any atom is -0.487 e. The van der Waals surface area contributed by atoms with E-state index in [4.69, 9.17) is 4.74 Å². The van der Waals surface area contributed by atoms with E-state index in [1.54, 1.807) is 17.6 Å². The third-order valence-electron chi connectivity index (χ3n) is 5.55. The van der Waals surface area contributed by atoms with Crippen LogP contribution in [0.2, 0.25) is 0 Å². The fourth-order valence-corrected chi connectivity index (χ4v) is 4.34. The van der Waals surface area contributed by atoms with E-state index in [-0.39, 0.29) is 5.91 Å². The lowest BCUT2D eigenvalue weighted by Gasteiger charge is -2.19. The van der Waals surface area contributed by atoms with Crippen LogP contribution in [-0.4, -0.2) is 28.9 Å².